The summed E-state index contributed by atoms with van der Waals surface area (Å²) < 4.78 is 14.4. The van der Waals surface area contributed by atoms with E-state index in [1.807, 2.05) is 13.8 Å². The fourth-order valence-corrected chi connectivity index (χ4v) is 2.19. The molecule has 0 saturated carbocycles. The van der Waals surface area contributed by atoms with E-state index in [9.17, 15) is 4.39 Å². The molecule has 2 rings (SSSR count). The Morgan fingerprint density at radius 2 is 1.95 bits per heavy atom. The molecule has 0 amide bonds. The molecular weight excluding hydrogens is 333 g/mol. The van der Waals surface area contributed by atoms with Crippen LogP contribution >= 0.6 is 27.5 Å². The highest BCUT2D eigenvalue weighted by Gasteiger charge is 2.08. The number of nitrogens with one attached hydrogen (secondary N) is 1. The molecule has 1 aromatic heterocycles. The summed E-state index contributed by atoms with van der Waals surface area (Å²) in [5.74, 6) is 0.188. The van der Waals surface area contributed by atoms with Gasteiger partial charge in [-0.25, -0.2) is 14.4 Å². The molecule has 3 nitrogen and oxygen atoms in total. The van der Waals surface area contributed by atoms with Gasteiger partial charge in [0.1, 0.15) is 5.82 Å². The smallest absolute Gasteiger partial charge is 0.171 e. The van der Waals surface area contributed by atoms with E-state index in [4.69, 9.17) is 11.6 Å². The summed E-state index contributed by atoms with van der Waals surface area (Å²) in [5.41, 5.74) is 2.11. The van der Waals surface area contributed by atoms with E-state index >= 15 is 0 Å². The van der Waals surface area contributed by atoms with E-state index < -0.39 is 0 Å². The SMILES string of the molecule is Cc1nc(Cl)c(NCc2cc(Br)ccc2F)nc1C. The molecule has 0 bridgehead atoms. The van der Waals surface area contributed by atoms with Crippen molar-refractivity contribution in [3.8, 4) is 0 Å². The van der Waals surface area contributed by atoms with Gasteiger partial charge >= 0.3 is 0 Å². The molecule has 0 saturated heterocycles. The standard InChI is InChI=1S/C13H12BrClFN3/c1-7-8(2)19-13(12(15)18-7)17-6-9-5-10(14)3-4-11(9)16/h3-5H,6H2,1-2H3,(H,17,19). The number of hydrogen-bond acceptors (Lipinski definition) is 3. The van der Waals surface area contributed by atoms with Crippen LogP contribution in [0.4, 0.5) is 10.2 Å². The van der Waals surface area contributed by atoms with Crippen molar-refractivity contribution in [1.29, 1.82) is 0 Å². The van der Waals surface area contributed by atoms with Crippen LogP contribution in [0.2, 0.25) is 5.15 Å². The highest BCUT2D eigenvalue weighted by Crippen LogP contribution is 2.21. The Balaban J connectivity index is 2.19. The van der Waals surface area contributed by atoms with Gasteiger partial charge in [0.05, 0.1) is 11.4 Å². The quantitative estimate of drug-likeness (QED) is 0.904. The minimum Gasteiger partial charge on any atom is -0.363 e. The Kier molecular flexibility index (Phi) is 4.37. The Bertz CT molecular complexity index is 619. The summed E-state index contributed by atoms with van der Waals surface area (Å²) in [6.45, 7) is 3.98. The number of aryl methyl sites for hydroxylation is 2. The van der Waals surface area contributed by atoms with Gasteiger partial charge in [0.25, 0.3) is 0 Å². The van der Waals surface area contributed by atoms with Crippen molar-refractivity contribution < 1.29 is 4.39 Å². The normalized spacial score (nSPS) is 10.6. The van der Waals surface area contributed by atoms with Crippen LogP contribution < -0.4 is 5.32 Å². The van der Waals surface area contributed by atoms with Crippen molar-refractivity contribution in [2.45, 2.75) is 20.4 Å². The molecule has 6 heteroatoms. The number of benzene rings is 1. The number of rotatable bonds is 3. The van der Waals surface area contributed by atoms with Crippen molar-refractivity contribution in [3.05, 3.63) is 50.6 Å². The molecule has 0 spiro atoms. The Morgan fingerprint density at radius 3 is 2.68 bits per heavy atom. The maximum Gasteiger partial charge on any atom is 0.171 e. The van der Waals surface area contributed by atoms with Gasteiger partial charge in [-0.05, 0) is 32.0 Å². The first-order chi connectivity index (χ1) is 8.97. The lowest BCUT2D eigenvalue weighted by atomic mass is 10.2. The summed E-state index contributed by atoms with van der Waals surface area (Å²) in [6.07, 6.45) is 0. The van der Waals surface area contributed by atoms with Crippen LogP contribution in [0.5, 0.6) is 0 Å². The van der Waals surface area contributed by atoms with E-state index in [-0.39, 0.29) is 5.82 Å². The summed E-state index contributed by atoms with van der Waals surface area (Å²) >= 11 is 9.31. The number of halogens is 3. The highest BCUT2D eigenvalue weighted by atomic mass is 79.9. The number of anilines is 1. The van der Waals surface area contributed by atoms with Crippen molar-refractivity contribution >= 4 is 33.3 Å². The minimum atomic E-state index is -0.274. The van der Waals surface area contributed by atoms with Gasteiger partial charge in [0.15, 0.2) is 11.0 Å². The zero-order valence-corrected chi connectivity index (χ0v) is 12.8. The Morgan fingerprint density at radius 1 is 1.26 bits per heavy atom. The van der Waals surface area contributed by atoms with Crippen molar-refractivity contribution in [3.63, 3.8) is 0 Å². The third kappa shape index (κ3) is 3.42. The molecule has 1 aromatic carbocycles. The van der Waals surface area contributed by atoms with Crippen LogP contribution in [0.1, 0.15) is 17.0 Å². The topological polar surface area (TPSA) is 37.8 Å². The molecule has 0 radical (unpaired) electrons. The predicted molar refractivity (Wildman–Crippen MR) is 77.9 cm³/mol. The second kappa shape index (κ2) is 5.84. The zero-order valence-electron chi connectivity index (χ0n) is 10.5. The fourth-order valence-electron chi connectivity index (χ4n) is 1.55. The maximum atomic E-state index is 13.6. The van der Waals surface area contributed by atoms with Crippen molar-refractivity contribution in [1.82, 2.24) is 9.97 Å². The summed E-state index contributed by atoms with van der Waals surface area (Å²) in [6, 6.07) is 4.78. The molecule has 1 N–H and O–H groups in total. The minimum absolute atomic E-state index is 0.274. The maximum absolute atomic E-state index is 13.6. The highest BCUT2D eigenvalue weighted by molar-refractivity contribution is 9.10. The molecule has 100 valence electrons. The van der Waals surface area contributed by atoms with Crippen LogP contribution in [-0.2, 0) is 6.54 Å². The van der Waals surface area contributed by atoms with Crippen LogP contribution in [0.3, 0.4) is 0 Å². The molecule has 1 heterocycles. The summed E-state index contributed by atoms with van der Waals surface area (Å²) in [7, 11) is 0. The lowest BCUT2D eigenvalue weighted by molar-refractivity contribution is 0.612. The van der Waals surface area contributed by atoms with E-state index in [2.05, 4.69) is 31.2 Å². The fraction of sp³-hybridized carbons (Fsp3) is 0.231. The second-order valence-electron chi connectivity index (χ2n) is 4.12. The lowest BCUT2D eigenvalue weighted by Crippen LogP contribution is -2.06. The number of nitrogens with zero attached hydrogens (tertiary/aromatic N) is 2. The average molecular weight is 345 g/mol. The zero-order chi connectivity index (χ0) is 14.0. The molecule has 0 aliphatic carbocycles. The molecule has 2 aromatic rings. The summed E-state index contributed by atoms with van der Waals surface area (Å²) in [4.78, 5) is 8.46. The third-order valence-electron chi connectivity index (χ3n) is 2.72. The van der Waals surface area contributed by atoms with Crippen LogP contribution in [-0.4, -0.2) is 9.97 Å². The van der Waals surface area contributed by atoms with Gasteiger partial charge < -0.3 is 5.32 Å². The van der Waals surface area contributed by atoms with Gasteiger partial charge in [-0.3, -0.25) is 0 Å². The van der Waals surface area contributed by atoms with E-state index in [0.29, 0.717) is 23.1 Å². The van der Waals surface area contributed by atoms with Crippen LogP contribution in [0.25, 0.3) is 0 Å². The first-order valence-corrected chi connectivity index (χ1v) is 6.83. The average Bonchev–Trinajstić information content (AvgIpc) is 2.36. The van der Waals surface area contributed by atoms with Gasteiger partial charge in [-0.1, -0.05) is 27.5 Å². The summed E-state index contributed by atoms with van der Waals surface area (Å²) in [5, 5.41) is 3.29. The second-order valence-corrected chi connectivity index (χ2v) is 5.40. The molecule has 0 atom stereocenters. The van der Waals surface area contributed by atoms with E-state index in [1.54, 1.807) is 12.1 Å². The van der Waals surface area contributed by atoms with Gasteiger partial charge in [0, 0.05) is 16.6 Å². The monoisotopic (exact) mass is 343 g/mol. The third-order valence-corrected chi connectivity index (χ3v) is 3.48. The van der Waals surface area contributed by atoms with E-state index in [1.165, 1.54) is 6.07 Å². The number of aromatic nitrogens is 2. The van der Waals surface area contributed by atoms with Crippen molar-refractivity contribution in [2.24, 2.45) is 0 Å². The molecule has 19 heavy (non-hydrogen) atoms. The van der Waals surface area contributed by atoms with Gasteiger partial charge in [0.2, 0.25) is 0 Å². The first kappa shape index (κ1) is 14.2. The molecule has 0 aliphatic heterocycles. The Labute approximate surface area is 124 Å². The molecule has 0 unspecified atom stereocenters. The van der Waals surface area contributed by atoms with Gasteiger partial charge in [-0.15, -0.1) is 0 Å². The van der Waals surface area contributed by atoms with E-state index in [0.717, 1.165) is 15.9 Å². The Hall–Kier alpha value is -1.20. The van der Waals surface area contributed by atoms with Crippen LogP contribution in [0, 0.1) is 19.7 Å². The van der Waals surface area contributed by atoms with Gasteiger partial charge in [-0.2, -0.15) is 0 Å². The predicted octanol–water partition coefficient (Wildman–Crippen LogP) is 4.26. The number of hydrogen-bond donors (Lipinski definition) is 1. The van der Waals surface area contributed by atoms with Crippen molar-refractivity contribution in [2.75, 3.05) is 5.32 Å². The largest absolute Gasteiger partial charge is 0.363 e. The molecule has 0 fully saturated rings. The molecular formula is C13H12BrClFN3. The van der Waals surface area contributed by atoms with Crippen LogP contribution in [0.15, 0.2) is 22.7 Å². The molecule has 0 aliphatic rings. The first-order valence-electron chi connectivity index (χ1n) is 5.66. The lowest BCUT2D eigenvalue weighted by Gasteiger charge is -2.10.